The van der Waals surface area contributed by atoms with Crippen LogP contribution in [-0.4, -0.2) is 52.7 Å². The maximum Gasteiger partial charge on any atom is 0.417 e. The fraction of sp³-hybridized carbons (Fsp3) is 0.227. The zero-order valence-corrected chi connectivity index (χ0v) is 24.6. The Balaban J connectivity index is 2.20. The van der Waals surface area contributed by atoms with Gasteiger partial charge in [0.25, 0.3) is 10.0 Å². The molecule has 10 nitrogen and oxygen atoms in total. The number of hydrogen-bond acceptors (Lipinski definition) is 8. The number of alkyl halides is 4. The number of nitrogens with zero attached hydrogens (tertiary/aromatic N) is 3. The summed E-state index contributed by atoms with van der Waals surface area (Å²) in [5.74, 6) is -0.983. The van der Waals surface area contributed by atoms with Crippen LogP contribution in [0, 0.1) is 0 Å². The van der Waals surface area contributed by atoms with E-state index < -0.39 is 54.2 Å². The number of methoxy groups -OCH3 is 1. The number of pyridine rings is 2. The first-order valence-electron chi connectivity index (χ1n) is 10.5. The average molecular weight is 719 g/mol. The minimum absolute atomic E-state index is 0.0901. The van der Waals surface area contributed by atoms with Crippen LogP contribution in [0.2, 0.25) is 5.02 Å². The first kappa shape index (κ1) is 31.0. The Kier molecular flexibility index (Phi) is 9.47. The number of carbonyl (C=O) groups is 1. The second-order valence-electron chi connectivity index (χ2n) is 7.89. The van der Waals surface area contributed by atoms with E-state index in [9.17, 15) is 34.8 Å². The van der Waals surface area contributed by atoms with Crippen molar-refractivity contribution < 1.29 is 39.5 Å². The molecule has 0 saturated carbocycles. The molecule has 0 spiro atoms. The molecular weight excluding hydrogens is 700 g/mol. The van der Waals surface area contributed by atoms with Crippen molar-refractivity contribution in [1.29, 1.82) is 0 Å². The van der Waals surface area contributed by atoms with E-state index in [2.05, 4.69) is 14.7 Å². The standard InChI is InChI=1S/C22H19ClF3IN4O6S2/c1-37-12-31(39(35,36)15-3-4-17(23)16(9-15)22(24,25)26)18-7-13(10-27)11-29-20(18)21(32)14-5-6-28-19(8-14)30-38(2,33)34/h3-9,11H,10,12H2,1-2H3,(H,28,30). The highest BCUT2D eigenvalue weighted by Crippen LogP contribution is 2.37. The van der Waals surface area contributed by atoms with E-state index in [-0.39, 0.29) is 22.8 Å². The molecule has 0 aliphatic heterocycles. The lowest BCUT2D eigenvalue weighted by Crippen LogP contribution is -2.34. The molecule has 39 heavy (non-hydrogen) atoms. The molecule has 0 unspecified atom stereocenters. The minimum atomic E-state index is -4.93. The Morgan fingerprint density at radius 1 is 1.13 bits per heavy atom. The molecule has 0 aliphatic rings. The third kappa shape index (κ3) is 7.36. The molecule has 3 rings (SSSR count). The lowest BCUT2D eigenvalue weighted by molar-refractivity contribution is -0.137. The van der Waals surface area contributed by atoms with Crippen molar-refractivity contribution in [3.05, 3.63) is 76.2 Å². The van der Waals surface area contributed by atoms with Crippen LogP contribution in [0.15, 0.2) is 53.7 Å². The van der Waals surface area contributed by atoms with Crippen LogP contribution in [0.5, 0.6) is 0 Å². The van der Waals surface area contributed by atoms with Gasteiger partial charge in [-0.25, -0.2) is 26.1 Å². The number of sulfonamides is 2. The van der Waals surface area contributed by atoms with Crippen molar-refractivity contribution in [3.8, 4) is 0 Å². The third-order valence-electron chi connectivity index (χ3n) is 4.95. The number of carbonyl (C=O) groups excluding carboxylic acids is 1. The van der Waals surface area contributed by atoms with Gasteiger partial charge in [0, 0.05) is 29.5 Å². The Morgan fingerprint density at radius 2 is 1.82 bits per heavy atom. The van der Waals surface area contributed by atoms with Gasteiger partial charge in [0.1, 0.15) is 18.2 Å². The lowest BCUT2D eigenvalue weighted by atomic mass is 10.1. The van der Waals surface area contributed by atoms with Gasteiger partial charge in [-0.05, 0) is 42.0 Å². The first-order valence-corrected chi connectivity index (χ1v) is 15.7. The molecule has 0 atom stereocenters. The van der Waals surface area contributed by atoms with Gasteiger partial charge in [0.2, 0.25) is 15.8 Å². The van der Waals surface area contributed by atoms with Crippen molar-refractivity contribution in [2.75, 3.05) is 29.1 Å². The predicted octanol–water partition coefficient (Wildman–Crippen LogP) is 4.49. The number of ketones is 1. The van der Waals surface area contributed by atoms with Gasteiger partial charge in [-0.15, -0.1) is 0 Å². The summed E-state index contributed by atoms with van der Waals surface area (Å²) in [6.07, 6.45) is -1.55. The van der Waals surface area contributed by atoms with Gasteiger partial charge in [-0.3, -0.25) is 14.5 Å². The smallest absolute Gasteiger partial charge is 0.363 e. The molecule has 0 amide bonds. The Hall–Kier alpha value is -2.54. The molecule has 2 heterocycles. The van der Waals surface area contributed by atoms with E-state index >= 15 is 0 Å². The number of hydrogen-bond donors (Lipinski definition) is 1. The molecule has 0 radical (unpaired) electrons. The van der Waals surface area contributed by atoms with Gasteiger partial charge < -0.3 is 4.74 Å². The van der Waals surface area contributed by atoms with E-state index in [1.165, 1.54) is 18.3 Å². The van der Waals surface area contributed by atoms with Crippen LogP contribution < -0.4 is 9.03 Å². The van der Waals surface area contributed by atoms with Gasteiger partial charge in [-0.1, -0.05) is 34.2 Å². The van der Waals surface area contributed by atoms with Gasteiger partial charge in [0.15, 0.2) is 0 Å². The SMILES string of the molecule is COCN(c1cc(CI)cnc1C(=O)c1ccnc(NS(C)(=O)=O)c1)S(=O)(=O)c1ccc(Cl)c(C(F)(F)F)c1. The molecule has 17 heteroatoms. The van der Waals surface area contributed by atoms with E-state index in [0.29, 0.717) is 20.4 Å². The highest BCUT2D eigenvalue weighted by molar-refractivity contribution is 14.1. The highest BCUT2D eigenvalue weighted by Gasteiger charge is 2.36. The zero-order chi connectivity index (χ0) is 29.2. The number of benzene rings is 1. The monoisotopic (exact) mass is 718 g/mol. The summed E-state index contributed by atoms with van der Waals surface area (Å²) in [6, 6.07) is 5.84. The van der Waals surface area contributed by atoms with Gasteiger partial charge >= 0.3 is 6.18 Å². The number of rotatable bonds is 10. The topological polar surface area (TPSA) is 136 Å². The van der Waals surface area contributed by atoms with Crippen LogP contribution >= 0.6 is 34.2 Å². The summed E-state index contributed by atoms with van der Waals surface area (Å²) in [7, 11) is -7.32. The van der Waals surface area contributed by atoms with Crippen LogP contribution in [0.3, 0.4) is 0 Å². The molecule has 0 bridgehead atoms. The van der Waals surface area contributed by atoms with Crippen LogP contribution in [0.1, 0.15) is 27.2 Å². The van der Waals surface area contributed by atoms with E-state index in [4.69, 9.17) is 16.3 Å². The summed E-state index contributed by atoms with van der Waals surface area (Å²) >= 11 is 7.64. The summed E-state index contributed by atoms with van der Waals surface area (Å²) in [5, 5.41) is -0.694. The molecule has 1 aromatic carbocycles. The minimum Gasteiger partial charge on any atom is -0.363 e. The van der Waals surface area contributed by atoms with E-state index in [1.807, 2.05) is 22.6 Å². The number of aromatic nitrogens is 2. The van der Waals surface area contributed by atoms with Crippen LogP contribution in [0.4, 0.5) is 24.7 Å². The third-order valence-corrected chi connectivity index (χ3v) is 8.47. The van der Waals surface area contributed by atoms with Crippen molar-refractivity contribution in [2.45, 2.75) is 15.5 Å². The van der Waals surface area contributed by atoms with Crippen LogP contribution in [0.25, 0.3) is 0 Å². The normalized spacial score (nSPS) is 12.3. The van der Waals surface area contributed by atoms with Crippen molar-refractivity contribution in [3.63, 3.8) is 0 Å². The lowest BCUT2D eigenvalue weighted by Gasteiger charge is -2.26. The van der Waals surface area contributed by atoms with E-state index in [1.54, 1.807) is 0 Å². The average Bonchev–Trinajstić information content (AvgIpc) is 2.85. The summed E-state index contributed by atoms with van der Waals surface area (Å²) in [4.78, 5) is 20.7. The van der Waals surface area contributed by atoms with Crippen molar-refractivity contribution >= 4 is 71.5 Å². The fourth-order valence-electron chi connectivity index (χ4n) is 3.28. The van der Waals surface area contributed by atoms with E-state index in [0.717, 1.165) is 37.8 Å². The second-order valence-corrected chi connectivity index (χ2v) is 12.7. The second kappa shape index (κ2) is 11.9. The van der Waals surface area contributed by atoms with Crippen LogP contribution in [-0.2, 0) is 35.4 Å². The Morgan fingerprint density at radius 3 is 2.41 bits per heavy atom. The maximum atomic E-state index is 13.6. The number of nitrogens with one attached hydrogen (secondary N) is 1. The Bertz CT molecular complexity index is 1620. The summed E-state index contributed by atoms with van der Waals surface area (Å²) < 4.78 is 99.0. The molecule has 0 fully saturated rings. The molecule has 1 N–H and O–H groups in total. The summed E-state index contributed by atoms with van der Waals surface area (Å²) in [5.41, 5.74) is -1.60. The molecule has 0 aliphatic carbocycles. The number of halogens is 5. The van der Waals surface area contributed by atoms with Gasteiger partial charge in [-0.2, -0.15) is 13.2 Å². The predicted molar refractivity (Wildman–Crippen MR) is 146 cm³/mol. The fourth-order valence-corrected chi connectivity index (χ4v) is 5.82. The van der Waals surface area contributed by atoms with Crippen molar-refractivity contribution in [1.82, 2.24) is 9.97 Å². The molecule has 0 saturated heterocycles. The zero-order valence-electron chi connectivity index (χ0n) is 20.0. The van der Waals surface area contributed by atoms with Gasteiger partial charge in [0.05, 0.1) is 27.4 Å². The molecule has 2 aromatic heterocycles. The molecule has 3 aromatic rings. The largest absolute Gasteiger partial charge is 0.417 e. The quantitative estimate of drug-likeness (QED) is 0.140. The number of ether oxygens (including phenoxy) is 1. The van der Waals surface area contributed by atoms with Crippen molar-refractivity contribution in [2.24, 2.45) is 0 Å². The highest BCUT2D eigenvalue weighted by atomic mass is 127. The first-order chi connectivity index (χ1) is 18.1. The molecule has 210 valence electrons. The summed E-state index contributed by atoms with van der Waals surface area (Å²) in [6.45, 7) is -0.684. The maximum absolute atomic E-state index is 13.6. The Labute approximate surface area is 240 Å². The molecular formula is C22H19ClF3IN4O6S2. The number of anilines is 2.